The summed E-state index contributed by atoms with van der Waals surface area (Å²) in [5.41, 5.74) is 11.1. The number of rotatable bonds is 4. The molecule has 4 N–H and O–H groups in total. The van der Waals surface area contributed by atoms with E-state index < -0.39 is 11.9 Å². The number of nitrogens with two attached hydrogens (primary N) is 2. The highest BCUT2D eigenvalue weighted by molar-refractivity contribution is 5.79. The first-order valence-electron chi connectivity index (χ1n) is 5.18. The number of hydrogen-bond donors (Lipinski definition) is 2. The van der Waals surface area contributed by atoms with Crippen molar-refractivity contribution in [1.82, 2.24) is 4.90 Å². The van der Waals surface area contributed by atoms with Gasteiger partial charge in [0.2, 0.25) is 5.91 Å². The summed E-state index contributed by atoms with van der Waals surface area (Å²) in [5.74, 6) is -0.400. The van der Waals surface area contributed by atoms with Crippen LogP contribution in [0.15, 0.2) is 0 Å². The first kappa shape index (κ1) is 11.5. The number of amides is 1. The van der Waals surface area contributed by atoms with Crippen LogP contribution in [0.4, 0.5) is 0 Å². The van der Waals surface area contributed by atoms with Crippen LogP contribution in [0, 0.1) is 5.41 Å². The van der Waals surface area contributed by atoms with Gasteiger partial charge in [-0.05, 0) is 24.8 Å². The van der Waals surface area contributed by atoms with Gasteiger partial charge in [0.1, 0.15) is 0 Å². The Hall–Kier alpha value is -0.610. The average Bonchev–Trinajstić information content (AvgIpc) is 2.41. The van der Waals surface area contributed by atoms with Crippen molar-refractivity contribution in [2.75, 3.05) is 19.6 Å². The lowest BCUT2D eigenvalue weighted by molar-refractivity contribution is -0.119. The summed E-state index contributed by atoms with van der Waals surface area (Å²) in [6, 6.07) is -0.487. The fourth-order valence-corrected chi connectivity index (χ4v) is 1.88. The number of hydrogen-bond acceptors (Lipinski definition) is 3. The molecule has 0 aromatic carbocycles. The Bertz CT molecular complexity index is 215. The standard InChI is InChI=1S/C10H21N3O/c1-10(2)4-6-13(7-10)5-3-8(11)9(12)14/h8H,3-7,11H2,1-2H3,(H2,12,14). The van der Waals surface area contributed by atoms with E-state index in [9.17, 15) is 4.79 Å². The molecular weight excluding hydrogens is 178 g/mol. The largest absolute Gasteiger partial charge is 0.368 e. The maximum atomic E-state index is 10.7. The van der Waals surface area contributed by atoms with E-state index in [1.807, 2.05) is 0 Å². The monoisotopic (exact) mass is 199 g/mol. The molecule has 14 heavy (non-hydrogen) atoms. The predicted molar refractivity (Wildman–Crippen MR) is 56.6 cm³/mol. The Balaban J connectivity index is 2.24. The molecule has 82 valence electrons. The number of carbonyl (C=O) groups is 1. The molecule has 0 aromatic heterocycles. The summed E-state index contributed by atoms with van der Waals surface area (Å²) in [6.45, 7) is 7.62. The highest BCUT2D eigenvalue weighted by Crippen LogP contribution is 2.28. The van der Waals surface area contributed by atoms with Crippen LogP contribution >= 0.6 is 0 Å². The minimum atomic E-state index is -0.487. The molecule has 1 unspecified atom stereocenters. The highest BCUT2D eigenvalue weighted by atomic mass is 16.1. The minimum Gasteiger partial charge on any atom is -0.368 e. The van der Waals surface area contributed by atoms with E-state index >= 15 is 0 Å². The van der Waals surface area contributed by atoms with Gasteiger partial charge < -0.3 is 16.4 Å². The van der Waals surface area contributed by atoms with E-state index in [2.05, 4.69) is 18.7 Å². The van der Waals surface area contributed by atoms with Crippen LogP contribution in [0.2, 0.25) is 0 Å². The molecule has 0 spiro atoms. The molecule has 0 aromatic rings. The Labute approximate surface area is 85.6 Å². The van der Waals surface area contributed by atoms with E-state index in [4.69, 9.17) is 11.5 Å². The number of nitrogens with zero attached hydrogens (tertiary/aromatic N) is 1. The zero-order chi connectivity index (χ0) is 10.8. The maximum Gasteiger partial charge on any atom is 0.234 e. The quantitative estimate of drug-likeness (QED) is 0.665. The summed E-state index contributed by atoms with van der Waals surface area (Å²) >= 11 is 0. The lowest BCUT2D eigenvalue weighted by Gasteiger charge is -2.20. The van der Waals surface area contributed by atoms with Crippen molar-refractivity contribution in [2.24, 2.45) is 16.9 Å². The molecule has 4 heteroatoms. The van der Waals surface area contributed by atoms with Crippen molar-refractivity contribution >= 4 is 5.91 Å². The van der Waals surface area contributed by atoms with Gasteiger partial charge in [-0.3, -0.25) is 4.79 Å². The second-order valence-corrected chi connectivity index (χ2v) is 4.99. The molecule has 1 fully saturated rings. The molecule has 1 aliphatic heterocycles. The maximum absolute atomic E-state index is 10.7. The lowest BCUT2D eigenvalue weighted by Crippen LogP contribution is -2.39. The second-order valence-electron chi connectivity index (χ2n) is 4.99. The van der Waals surface area contributed by atoms with Crippen molar-refractivity contribution in [1.29, 1.82) is 0 Å². The predicted octanol–water partition coefficient (Wildman–Crippen LogP) is -0.0790. The highest BCUT2D eigenvalue weighted by Gasteiger charge is 2.29. The summed E-state index contributed by atoms with van der Waals surface area (Å²) in [4.78, 5) is 13.1. The molecule has 0 bridgehead atoms. The van der Waals surface area contributed by atoms with Gasteiger partial charge in [-0.15, -0.1) is 0 Å². The van der Waals surface area contributed by atoms with Crippen molar-refractivity contribution in [2.45, 2.75) is 32.7 Å². The zero-order valence-electron chi connectivity index (χ0n) is 9.12. The van der Waals surface area contributed by atoms with Gasteiger partial charge >= 0.3 is 0 Å². The third kappa shape index (κ3) is 3.27. The van der Waals surface area contributed by atoms with Crippen LogP contribution in [0.5, 0.6) is 0 Å². The summed E-state index contributed by atoms with van der Waals surface area (Å²) < 4.78 is 0. The van der Waals surface area contributed by atoms with E-state index in [1.165, 1.54) is 6.42 Å². The van der Waals surface area contributed by atoms with E-state index in [0.717, 1.165) is 19.6 Å². The van der Waals surface area contributed by atoms with E-state index in [1.54, 1.807) is 0 Å². The summed E-state index contributed by atoms with van der Waals surface area (Å²) in [6.07, 6.45) is 1.89. The van der Waals surface area contributed by atoms with Gasteiger partial charge in [0, 0.05) is 13.1 Å². The summed E-state index contributed by atoms with van der Waals surface area (Å²) in [7, 11) is 0. The molecule has 1 atom stereocenters. The van der Waals surface area contributed by atoms with Gasteiger partial charge in [-0.2, -0.15) is 0 Å². The Morgan fingerprint density at radius 1 is 1.57 bits per heavy atom. The first-order chi connectivity index (χ1) is 6.41. The van der Waals surface area contributed by atoms with Crippen LogP contribution in [0.3, 0.4) is 0 Å². The third-order valence-electron chi connectivity index (χ3n) is 2.88. The van der Waals surface area contributed by atoms with Crippen LogP contribution < -0.4 is 11.5 Å². The average molecular weight is 199 g/mol. The lowest BCUT2D eigenvalue weighted by atomic mass is 9.93. The fourth-order valence-electron chi connectivity index (χ4n) is 1.88. The van der Waals surface area contributed by atoms with Crippen molar-refractivity contribution in [3.05, 3.63) is 0 Å². The molecular formula is C10H21N3O. The van der Waals surface area contributed by atoms with Crippen LogP contribution in [0.25, 0.3) is 0 Å². The van der Waals surface area contributed by atoms with E-state index in [-0.39, 0.29) is 0 Å². The molecule has 0 radical (unpaired) electrons. The molecule has 4 nitrogen and oxygen atoms in total. The van der Waals surface area contributed by atoms with Crippen LogP contribution in [-0.4, -0.2) is 36.5 Å². The summed E-state index contributed by atoms with van der Waals surface area (Å²) in [5, 5.41) is 0. The normalized spacial score (nSPS) is 23.6. The van der Waals surface area contributed by atoms with Crippen molar-refractivity contribution in [3.8, 4) is 0 Å². The second kappa shape index (κ2) is 4.28. The SMILES string of the molecule is CC1(C)CCN(CCC(N)C(N)=O)C1. The molecule has 1 rings (SSSR count). The van der Waals surface area contributed by atoms with Crippen molar-refractivity contribution in [3.63, 3.8) is 0 Å². The van der Waals surface area contributed by atoms with Crippen LogP contribution in [-0.2, 0) is 4.79 Å². The Morgan fingerprint density at radius 3 is 2.64 bits per heavy atom. The molecule has 1 amide bonds. The fraction of sp³-hybridized carbons (Fsp3) is 0.900. The molecule has 0 aliphatic carbocycles. The number of primary amides is 1. The van der Waals surface area contributed by atoms with E-state index in [0.29, 0.717) is 11.8 Å². The Kier molecular flexibility index (Phi) is 3.50. The zero-order valence-corrected chi connectivity index (χ0v) is 9.12. The Morgan fingerprint density at radius 2 is 2.21 bits per heavy atom. The van der Waals surface area contributed by atoms with Gasteiger partial charge in [0.25, 0.3) is 0 Å². The topological polar surface area (TPSA) is 72.3 Å². The smallest absolute Gasteiger partial charge is 0.234 e. The van der Waals surface area contributed by atoms with Gasteiger partial charge in [-0.25, -0.2) is 0 Å². The molecule has 1 aliphatic rings. The number of likely N-dealkylation sites (tertiary alicyclic amines) is 1. The first-order valence-corrected chi connectivity index (χ1v) is 5.18. The van der Waals surface area contributed by atoms with Crippen molar-refractivity contribution < 1.29 is 4.79 Å². The minimum absolute atomic E-state index is 0.400. The van der Waals surface area contributed by atoms with Crippen LogP contribution in [0.1, 0.15) is 26.7 Å². The van der Waals surface area contributed by atoms with Gasteiger partial charge in [0.05, 0.1) is 6.04 Å². The number of carbonyl (C=O) groups excluding carboxylic acids is 1. The third-order valence-corrected chi connectivity index (χ3v) is 2.88. The molecule has 1 saturated heterocycles. The van der Waals surface area contributed by atoms with Gasteiger partial charge in [-0.1, -0.05) is 13.8 Å². The molecule has 1 heterocycles. The molecule has 0 saturated carbocycles. The van der Waals surface area contributed by atoms with Gasteiger partial charge in [0.15, 0.2) is 0 Å².